The molecular formula is C21H28O3P+. The minimum atomic E-state index is -2.53. The monoisotopic (exact) mass is 359 g/mol. The second-order valence-corrected chi connectivity index (χ2v) is 9.15. The van der Waals surface area contributed by atoms with Crippen molar-refractivity contribution in [3.05, 3.63) is 64.8 Å². The van der Waals surface area contributed by atoms with Crippen molar-refractivity contribution in [3.63, 3.8) is 0 Å². The molecule has 134 valence electrons. The largest absolute Gasteiger partial charge is 0.747 e. The molecule has 3 rings (SSSR count). The summed E-state index contributed by atoms with van der Waals surface area (Å²) in [6.45, 7) is 13.9. The predicted octanol–water partition coefficient (Wildman–Crippen LogP) is 6.36. The number of benzene rings is 1. The Morgan fingerprint density at radius 2 is 1.56 bits per heavy atom. The van der Waals surface area contributed by atoms with Crippen molar-refractivity contribution in [2.24, 2.45) is 10.8 Å². The van der Waals surface area contributed by atoms with Crippen LogP contribution in [0.3, 0.4) is 0 Å². The van der Waals surface area contributed by atoms with Crippen molar-refractivity contribution >= 4 is 8.25 Å². The maximum atomic E-state index is 10.1. The van der Waals surface area contributed by atoms with Crippen LogP contribution in [0, 0.1) is 10.8 Å². The molecule has 0 fully saturated rings. The summed E-state index contributed by atoms with van der Waals surface area (Å²) < 4.78 is 14.6. The van der Waals surface area contributed by atoms with E-state index in [0.29, 0.717) is 16.6 Å². The first kappa shape index (κ1) is 19.6. The molecule has 1 N–H and O–H groups in total. The average Bonchev–Trinajstić information content (AvgIpc) is 3.07. The van der Waals surface area contributed by atoms with E-state index in [9.17, 15) is 4.57 Å². The van der Waals surface area contributed by atoms with E-state index in [4.69, 9.17) is 4.89 Å². The number of para-hydroxylation sites is 1. The fourth-order valence-electron chi connectivity index (χ4n) is 3.14. The van der Waals surface area contributed by atoms with Crippen LogP contribution < -0.4 is 4.52 Å². The summed E-state index contributed by atoms with van der Waals surface area (Å²) in [6.07, 6.45) is 5.97. The summed E-state index contributed by atoms with van der Waals surface area (Å²) in [5.74, 6) is 0.408. The summed E-state index contributed by atoms with van der Waals surface area (Å²) in [5, 5.41) is 0. The maximum Gasteiger partial charge on any atom is 0.747 e. The van der Waals surface area contributed by atoms with Crippen LogP contribution in [-0.2, 0) is 4.57 Å². The third-order valence-corrected chi connectivity index (χ3v) is 4.60. The van der Waals surface area contributed by atoms with E-state index in [2.05, 4.69) is 58.2 Å². The zero-order chi connectivity index (χ0) is 18.8. The number of rotatable bonds is 2. The maximum absolute atomic E-state index is 10.1. The number of allylic oxidation sites excluding steroid dienone is 6. The summed E-state index contributed by atoms with van der Waals surface area (Å²) in [5.41, 5.74) is 6.82. The molecule has 2 aliphatic rings. The Hall–Kier alpha value is -1.70. The Balaban J connectivity index is 0.000000196. The lowest BCUT2D eigenvalue weighted by atomic mass is 9.76. The second kappa shape index (κ2) is 7.27. The van der Waals surface area contributed by atoms with Crippen molar-refractivity contribution < 1.29 is 14.0 Å². The zero-order valence-electron chi connectivity index (χ0n) is 16.0. The lowest BCUT2D eigenvalue weighted by Gasteiger charge is -2.28. The summed E-state index contributed by atoms with van der Waals surface area (Å²) in [6, 6.07) is 8.49. The summed E-state index contributed by atoms with van der Waals surface area (Å²) >= 11 is 0. The van der Waals surface area contributed by atoms with Crippen LogP contribution in [0.4, 0.5) is 0 Å². The highest BCUT2D eigenvalue weighted by atomic mass is 31.1. The third-order valence-electron chi connectivity index (χ3n) is 4.23. The van der Waals surface area contributed by atoms with Crippen LogP contribution in [0.25, 0.3) is 0 Å². The molecule has 25 heavy (non-hydrogen) atoms. The summed E-state index contributed by atoms with van der Waals surface area (Å²) in [7, 11) is -2.53. The normalized spacial score (nSPS) is 16.8. The van der Waals surface area contributed by atoms with Crippen LogP contribution in [0.5, 0.6) is 5.75 Å². The molecule has 0 saturated carbocycles. The van der Waals surface area contributed by atoms with Gasteiger partial charge < -0.3 is 0 Å². The Morgan fingerprint density at radius 3 is 2.00 bits per heavy atom. The molecule has 0 saturated heterocycles. The molecule has 1 unspecified atom stereocenters. The molecule has 3 nitrogen and oxygen atoms in total. The van der Waals surface area contributed by atoms with Gasteiger partial charge in [0.25, 0.3) is 0 Å². The Morgan fingerprint density at radius 1 is 0.960 bits per heavy atom. The van der Waals surface area contributed by atoms with E-state index in [-0.39, 0.29) is 0 Å². The molecule has 2 bridgehead atoms. The zero-order valence-corrected chi connectivity index (χ0v) is 16.9. The van der Waals surface area contributed by atoms with Crippen LogP contribution in [0.2, 0.25) is 0 Å². The van der Waals surface area contributed by atoms with E-state index in [1.165, 1.54) is 12.0 Å². The Kier molecular flexibility index (Phi) is 5.71. The molecule has 0 aliphatic heterocycles. The van der Waals surface area contributed by atoms with Crippen molar-refractivity contribution in [3.8, 4) is 5.75 Å². The van der Waals surface area contributed by atoms with Crippen LogP contribution in [-0.4, -0.2) is 4.89 Å². The highest BCUT2D eigenvalue weighted by Gasteiger charge is 2.34. The number of fused-ring (bicyclic) bond motifs is 2. The molecular weight excluding hydrogens is 331 g/mol. The first-order valence-corrected chi connectivity index (χ1v) is 9.67. The molecule has 1 aromatic carbocycles. The van der Waals surface area contributed by atoms with E-state index < -0.39 is 8.25 Å². The lowest BCUT2D eigenvalue weighted by Crippen LogP contribution is -2.15. The third kappa shape index (κ3) is 5.14. The van der Waals surface area contributed by atoms with Gasteiger partial charge in [0, 0.05) is 4.57 Å². The quantitative estimate of drug-likeness (QED) is 0.625. The first-order valence-electron chi connectivity index (χ1n) is 8.54. The van der Waals surface area contributed by atoms with Crippen molar-refractivity contribution in [1.29, 1.82) is 0 Å². The van der Waals surface area contributed by atoms with Gasteiger partial charge in [-0.25, -0.2) is 4.52 Å². The van der Waals surface area contributed by atoms with E-state index in [1.807, 2.05) is 0 Å². The van der Waals surface area contributed by atoms with Gasteiger partial charge in [-0.05, 0) is 51.7 Å². The SMILES string of the molecule is CC(C)(C)C1=CC2=CC(C(C)(C)C)=C1C2.O=[P+](O)Oc1ccccc1. The van der Waals surface area contributed by atoms with Gasteiger partial charge in [0.15, 0.2) is 5.75 Å². The standard InChI is InChI=1S/C15H22.C6H5O3P/c1-14(2,3)12-8-10-7-11(12)13(9-10)15(4,5)6;7-10(8)9-6-4-2-1-3-5-6/h8-9H,7H2,1-6H3;1-5H/p+1. The first-order chi connectivity index (χ1) is 11.5. The summed E-state index contributed by atoms with van der Waals surface area (Å²) in [4.78, 5) is 8.29. The van der Waals surface area contributed by atoms with Crippen molar-refractivity contribution in [2.75, 3.05) is 0 Å². The van der Waals surface area contributed by atoms with Gasteiger partial charge in [0.05, 0.1) is 0 Å². The topological polar surface area (TPSA) is 46.5 Å². The Labute approximate surface area is 152 Å². The van der Waals surface area contributed by atoms with Crippen LogP contribution >= 0.6 is 8.25 Å². The molecule has 0 spiro atoms. The minimum absolute atomic E-state index is 0.293. The molecule has 1 aromatic rings. The number of hydrogen-bond acceptors (Lipinski definition) is 2. The fourth-order valence-corrected chi connectivity index (χ4v) is 3.44. The fraction of sp³-hybridized carbons (Fsp3) is 0.429. The molecule has 0 aromatic heterocycles. The van der Waals surface area contributed by atoms with Gasteiger partial charge in [0.2, 0.25) is 0 Å². The molecule has 0 radical (unpaired) electrons. The smallest absolute Gasteiger partial charge is 0.229 e. The average molecular weight is 359 g/mol. The lowest BCUT2D eigenvalue weighted by molar-refractivity contribution is 0.410. The highest BCUT2D eigenvalue weighted by molar-refractivity contribution is 7.32. The van der Waals surface area contributed by atoms with Crippen LogP contribution in [0.1, 0.15) is 48.0 Å². The predicted molar refractivity (Wildman–Crippen MR) is 104 cm³/mol. The molecule has 1 atom stereocenters. The van der Waals surface area contributed by atoms with E-state index >= 15 is 0 Å². The minimum Gasteiger partial charge on any atom is -0.229 e. The van der Waals surface area contributed by atoms with Gasteiger partial charge in [-0.15, -0.1) is 4.89 Å². The van der Waals surface area contributed by atoms with Gasteiger partial charge in [-0.3, -0.25) is 0 Å². The molecule has 0 amide bonds. The number of hydrogen-bond donors (Lipinski definition) is 1. The van der Waals surface area contributed by atoms with Crippen LogP contribution in [0.15, 0.2) is 64.8 Å². The van der Waals surface area contributed by atoms with Crippen molar-refractivity contribution in [2.45, 2.75) is 48.0 Å². The second-order valence-electron chi connectivity index (χ2n) is 8.49. The van der Waals surface area contributed by atoms with E-state index in [0.717, 1.165) is 0 Å². The molecule has 0 heterocycles. The van der Waals surface area contributed by atoms with Gasteiger partial charge >= 0.3 is 8.25 Å². The molecule has 4 heteroatoms. The van der Waals surface area contributed by atoms with Crippen molar-refractivity contribution in [1.82, 2.24) is 0 Å². The van der Waals surface area contributed by atoms with E-state index in [1.54, 1.807) is 47.1 Å². The highest BCUT2D eigenvalue weighted by Crippen LogP contribution is 2.50. The van der Waals surface area contributed by atoms with Gasteiger partial charge in [-0.1, -0.05) is 71.9 Å². The Bertz CT molecular complexity index is 742. The molecule has 2 aliphatic carbocycles. The van der Waals surface area contributed by atoms with Gasteiger partial charge in [0.1, 0.15) is 0 Å². The van der Waals surface area contributed by atoms with Gasteiger partial charge in [-0.2, -0.15) is 0 Å².